The van der Waals surface area contributed by atoms with Crippen LogP contribution in [0.4, 0.5) is 5.82 Å². The van der Waals surface area contributed by atoms with Crippen molar-refractivity contribution in [3.63, 3.8) is 0 Å². The van der Waals surface area contributed by atoms with Gasteiger partial charge in [0.1, 0.15) is 5.82 Å². The Hall–Kier alpha value is -2.47. The topological polar surface area (TPSA) is 79.3 Å². The zero-order valence-electron chi connectivity index (χ0n) is 9.74. The van der Waals surface area contributed by atoms with Crippen molar-refractivity contribution in [1.29, 1.82) is 0 Å². The molecule has 0 unspecified atom stereocenters. The van der Waals surface area contributed by atoms with Crippen molar-refractivity contribution in [2.24, 2.45) is 0 Å². The predicted molar refractivity (Wildman–Crippen MR) is 73.2 cm³/mol. The van der Waals surface area contributed by atoms with Crippen LogP contribution in [0.25, 0.3) is 6.08 Å². The van der Waals surface area contributed by atoms with Crippen LogP contribution in [-0.2, 0) is 4.79 Å². The van der Waals surface area contributed by atoms with Gasteiger partial charge in [0.05, 0.1) is 10.6 Å². The number of carbonyl (C=O) groups is 2. The summed E-state index contributed by atoms with van der Waals surface area (Å²) in [5.74, 6) is -0.900. The lowest BCUT2D eigenvalue weighted by molar-refractivity contribution is -0.131. The number of carboxylic acid groups (broad SMARTS) is 1. The second kappa shape index (κ2) is 5.92. The highest BCUT2D eigenvalue weighted by Gasteiger charge is 2.07. The number of hydrogen-bond donors (Lipinski definition) is 2. The molecular weight excluding hydrogens is 264 g/mol. The Balaban J connectivity index is 2.11. The fourth-order valence-electron chi connectivity index (χ4n) is 1.36. The average Bonchev–Trinajstić information content (AvgIpc) is 2.91. The van der Waals surface area contributed by atoms with Gasteiger partial charge in [-0.05, 0) is 29.7 Å². The lowest BCUT2D eigenvalue weighted by Crippen LogP contribution is -2.11. The van der Waals surface area contributed by atoms with E-state index in [2.05, 4.69) is 10.3 Å². The van der Waals surface area contributed by atoms with E-state index in [9.17, 15) is 9.59 Å². The summed E-state index contributed by atoms with van der Waals surface area (Å²) in [6, 6.07) is 8.50. The Morgan fingerprint density at radius 2 is 2.11 bits per heavy atom. The van der Waals surface area contributed by atoms with Gasteiger partial charge in [-0.2, -0.15) is 0 Å². The molecule has 19 heavy (non-hydrogen) atoms. The molecule has 2 rings (SSSR count). The number of anilines is 1. The normalized spacial score (nSPS) is 10.5. The van der Waals surface area contributed by atoms with Crippen molar-refractivity contribution >= 4 is 35.1 Å². The van der Waals surface area contributed by atoms with Crippen molar-refractivity contribution in [3.05, 3.63) is 52.4 Å². The van der Waals surface area contributed by atoms with E-state index in [1.807, 2.05) is 5.38 Å². The summed E-state index contributed by atoms with van der Waals surface area (Å²) in [7, 11) is 0. The van der Waals surface area contributed by atoms with Crippen LogP contribution in [0.1, 0.15) is 15.4 Å². The smallest absolute Gasteiger partial charge is 0.328 e. The third-order valence-corrected chi connectivity index (χ3v) is 3.02. The maximum Gasteiger partial charge on any atom is 0.328 e. The van der Waals surface area contributed by atoms with Crippen molar-refractivity contribution < 1.29 is 14.7 Å². The number of hydrogen-bond acceptors (Lipinski definition) is 4. The van der Waals surface area contributed by atoms with E-state index < -0.39 is 5.97 Å². The monoisotopic (exact) mass is 274 g/mol. The molecule has 0 saturated carbocycles. The van der Waals surface area contributed by atoms with Crippen LogP contribution in [0, 0.1) is 0 Å². The summed E-state index contributed by atoms with van der Waals surface area (Å²) in [5, 5.41) is 13.0. The Morgan fingerprint density at radius 3 is 2.79 bits per heavy atom. The molecule has 0 bridgehead atoms. The van der Waals surface area contributed by atoms with Crippen LogP contribution in [0.3, 0.4) is 0 Å². The fraction of sp³-hybridized carbons (Fsp3) is 0. The van der Waals surface area contributed by atoms with Gasteiger partial charge in [0.15, 0.2) is 0 Å². The lowest BCUT2D eigenvalue weighted by Gasteiger charge is -2.03. The number of carboxylic acids is 1. The Kier molecular flexibility index (Phi) is 4.04. The second-order valence-corrected chi connectivity index (χ2v) is 4.50. The highest BCUT2D eigenvalue weighted by molar-refractivity contribution is 7.12. The van der Waals surface area contributed by atoms with Gasteiger partial charge in [0, 0.05) is 6.08 Å². The van der Waals surface area contributed by atoms with E-state index in [1.165, 1.54) is 17.4 Å². The molecule has 0 fully saturated rings. The number of aromatic nitrogens is 1. The maximum absolute atomic E-state index is 11.8. The minimum Gasteiger partial charge on any atom is -0.478 e. The fourth-order valence-corrected chi connectivity index (χ4v) is 1.98. The van der Waals surface area contributed by atoms with Gasteiger partial charge in [0.2, 0.25) is 0 Å². The number of carbonyl (C=O) groups excluding carboxylic acids is 1. The molecule has 2 N–H and O–H groups in total. The van der Waals surface area contributed by atoms with Crippen LogP contribution >= 0.6 is 11.3 Å². The van der Waals surface area contributed by atoms with Gasteiger partial charge >= 0.3 is 5.97 Å². The molecule has 0 aliphatic carbocycles. The SMILES string of the molecule is O=C(O)/C=C/c1cccc(NC(=O)c2cccs2)n1. The molecule has 1 amide bonds. The molecule has 2 aromatic heterocycles. The van der Waals surface area contributed by atoms with Gasteiger partial charge in [-0.3, -0.25) is 4.79 Å². The van der Waals surface area contributed by atoms with Crippen LogP contribution < -0.4 is 5.32 Å². The van der Waals surface area contributed by atoms with Crippen molar-refractivity contribution in [2.75, 3.05) is 5.32 Å². The molecule has 6 heteroatoms. The highest BCUT2D eigenvalue weighted by Crippen LogP contribution is 2.12. The molecule has 0 aliphatic heterocycles. The van der Waals surface area contributed by atoms with E-state index >= 15 is 0 Å². The van der Waals surface area contributed by atoms with Crippen molar-refractivity contribution in [1.82, 2.24) is 4.98 Å². The summed E-state index contributed by atoms with van der Waals surface area (Å²) in [4.78, 5) is 26.9. The van der Waals surface area contributed by atoms with Crippen LogP contribution in [0.2, 0.25) is 0 Å². The molecule has 0 radical (unpaired) electrons. The standard InChI is InChI=1S/C13H10N2O3S/c16-12(17)7-6-9-3-1-5-11(14-9)15-13(18)10-4-2-8-19-10/h1-8H,(H,16,17)(H,14,15,18)/b7-6+. The molecule has 0 atom stereocenters. The van der Waals surface area contributed by atoms with E-state index in [0.29, 0.717) is 16.4 Å². The summed E-state index contributed by atoms with van der Waals surface area (Å²) in [5.41, 5.74) is 0.464. The molecule has 2 aromatic rings. The van der Waals surface area contributed by atoms with Gasteiger partial charge < -0.3 is 10.4 Å². The molecule has 2 heterocycles. The highest BCUT2D eigenvalue weighted by atomic mass is 32.1. The molecule has 0 saturated heterocycles. The first-order chi connectivity index (χ1) is 9.15. The molecule has 0 aliphatic rings. The summed E-state index contributed by atoms with van der Waals surface area (Å²) >= 11 is 1.34. The van der Waals surface area contributed by atoms with E-state index in [4.69, 9.17) is 5.11 Å². The third kappa shape index (κ3) is 3.75. The maximum atomic E-state index is 11.8. The predicted octanol–water partition coefficient (Wildman–Crippen LogP) is 2.49. The average molecular weight is 274 g/mol. The van der Waals surface area contributed by atoms with E-state index in [0.717, 1.165) is 6.08 Å². The van der Waals surface area contributed by atoms with Gasteiger partial charge in [-0.25, -0.2) is 9.78 Å². The van der Waals surface area contributed by atoms with Crippen molar-refractivity contribution in [2.45, 2.75) is 0 Å². The molecular formula is C13H10N2O3S. The zero-order valence-corrected chi connectivity index (χ0v) is 10.6. The first-order valence-electron chi connectivity index (χ1n) is 5.38. The minimum atomic E-state index is -1.05. The number of rotatable bonds is 4. The number of amides is 1. The van der Waals surface area contributed by atoms with Crippen LogP contribution in [-0.4, -0.2) is 22.0 Å². The molecule has 96 valence electrons. The number of nitrogens with zero attached hydrogens (tertiary/aromatic N) is 1. The summed E-state index contributed by atoms with van der Waals surface area (Å²) in [6.45, 7) is 0. The van der Waals surface area contributed by atoms with E-state index in [1.54, 1.807) is 30.3 Å². The largest absolute Gasteiger partial charge is 0.478 e. The second-order valence-electron chi connectivity index (χ2n) is 3.55. The lowest BCUT2D eigenvalue weighted by atomic mass is 10.3. The van der Waals surface area contributed by atoms with Crippen LogP contribution in [0.5, 0.6) is 0 Å². The summed E-state index contributed by atoms with van der Waals surface area (Å²) < 4.78 is 0. The van der Waals surface area contributed by atoms with Gasteiger partial charge in [-0.15, -0.1) is 11.3 Å². The molecule has 0 aromatic carbocycles. The quantitative estimate of drug-likeness (QED) is 0.839. The molecule has 5 nitrogen and oxygen atoms in total. The Bertz CT molecular complexity index is 621. The molecule has 0 spiro atoms. The Labute approximate surface area is 113 Å². The minimum absolute atomic E-state index is 0.234. The van der Waals surface area contributed by atoms with Gasteiger partial charge in [0.25, 0.3) is 5.91 Å². The van der Waals surface area contributed by atoms with Crippen LogP contribution in [0.15, 0.2) is 41.8 Å². The first-order valence-corrected chi connectivity index (χ1v) is 6.26. The zero-order chi connectivity index (χ0) is 13.7. The Morgan fingerprint density at radius 1 is 1.26 bits per heavy atom. The number of pyridine rings is 1. The number of thiophene rings is 1. The third-order valence-electron chi connectivity index (χ3n) is 2.15. The number of nitrogens with one attached hydrogen (secondary N) is 1. The van der Waals surface area contributed by atoms with Crippen molar-refractivity contribution in [3.8, 4) is 0 Å². The first kappa shape index (κ1) is 13.0. The van der Waals surface area contributed by atoms with Gasteiger partial charge in [-0.1, -0.05) is 12.1 Å². The number of aliphatic carboxylic acids is 1. The van der Waals surface area contributed by atoms with E-state index in [-0.39, 0.29) is 5.91 Å². The summed E-state index contributed by atoms with van der Waals surface area (Å²) in [6.07, 6.45) is 2.36.